The molecular weight excluding hydrogens is 348 g/mol. The van der Waals surface area contributed by atoms with Crippen molar-refractivity contribution in [2.75, 3.05) is 13.2 Å². The maximum Gasteiger partial charge on any atom is 0.308 e. The minimum Gasteiger partial charge on any atom is -0.462 e. The summed E-state index contributed by atoms with van der Waals surface area (Å²) in [6.07, 6.45) is 12.5. The number of rotatable bonds is 18. The van der Waals surface area contributed by atoms with Gasteiger partial charge in [-0.25, -0.2) is 0 Å². The summed E-state index contributed by atoms with van der Waals surface area (Å²) in [5, 5.41) is 19.0. The van der Waals surface area contributed by atoms with Gasteiger partial charge >= 0.3 is 11.9 Å². The van der Waals surface area contributed by atoms with Crippen LogP contribution in [0.25, 0.3) is 0 Å². The zero-order valence-electron chi connectivity index (χ0n) is 17.3. The fourth-order valence-electron chi connectivity index (χ4n) is 2.91. The van der Waals surface area contributed by atoms with Crippen LogP contribution in [0.2, 0.25) is 0 Å². The van der Waals surface area contributed by atoms with E-state index in [1.165, 1.54) is 64.7 Å². The van der Waals surface area contributed by atoms with Crippen molar-refractivity contribution in [2.24, 2.45) is 0 Å². The minimum absolute atomic E-state index is 0.103. The van der Waals surface area contributed by atoms with Gasteiger partial charge in [-0.3, -0.25) is 9.59 Å². The molecular formula is C21H40O6. The van der Waals surface area contributed by atoms with Crippen LogP contribution in [0.4, 0.5) is 0 Å². The topological polar surface area (TPSA) is 93.1 Å². The van der Waals surface area contributed by atoms with E-state index in [4.69, 9.17) is 14.6 Å². The summed E-state index contributed by atoms with van der Waals surface area (Å²) < 4.78 is 9.71. The van der Waals surface area contributed by atoms with Gasteiger partial charge in [0.25, 0.3) is 0 Å². The molecule has 0 amide bonds. The summed E-state index contributed by atoms with van der Waals surface area (Å²) in [7, 11) is 0. The molecule has 0 aliphatic carbocycles. The van der Waals surface area contributed by atoms with Crippen molar-refractivity contribution in [3.8, 4) is 0 Å². The average Bonchev–Trinajstić information content (AvgIpc) is 2.62. The Hall–Kier alpha value is -1.14. The third kappa shape index (κ3) is 18.0. The summed E-state index contributed by atoms with van der Waals surface area (Å²) in [6.45, 7) is 2.88. The fourth-order valence-corrected chi connectivity index (χ4v) is 2.91. The molecule has 0 bridgehead atoms. The highest BCUT2D eigenvalue weighted by Gasteiger charge is 2.18. The van der Waals surface area contributed by atoms with Crippen LogP contribution in [0.3, 0.4) is 0 Å². The van der Waals surface area contributed by atoms with Gasteiger partial charge in [-0.05, 0) is 6.42 Å². The quantitative estimate of drug-likeness (QED) is 0.273. The van der Waals surface area contributed by atoms with Crippen molar-refractivity contribution in [3.63, 3.8) is 0 Å². The first-order chi connectivity index (χ1) is 13.0. The summed E-state index contributed by atoms with van der Waals surface area (Å²) in [6, 6.07) is 0. The first-order valence-electron chi connectivity index (χ1n) is 10.6. The Morgan fingerprint density at radius 3 is 1.89 bits per heavy atom. The van der Waals surface area contributed by atoms with Gasteiger partial charge in [0, 0.05) is 6.92 Å². The lowest BCUT2D eigenvalue weighted by Gasteiger charge is -2.16. The second-order valence-electron chi connectivity index (χ2n) is 7.28. The molecule has 0 unspecified atom stereocenters. The van der Waals surface area contributed by atoms with Crippen molar-refractivity contribution >= 4 is 11.9 Å². The molecule has 2 atom stereocenters. The van der Waals surface area contributed by atoms with E-state index in [1.54, 1.807) is 0 Å². The lowest BCUT2D eigenvalue weighted by Crippen LogP contribution is -2.29. The van der Waals surface area contributed by atoms with Crippen molar-refractivity contribution in [1.29, 1.82) is 0 Å². The fraction of sp³-hybridized carbons (Fsp3) is 0.905. The molecule has 0 saturated carbocycles. The van der Waals surface area contributed by atoms with Crippen LogP contribution in [0.5, 0.6) is 0 Å². The number of carbonyl (C=O) groups is 2. The minimum atomic E-state index is -0.879. The smallest absolute Gasteiger partial charge is 0.308 e. The van der Waals surface area contributed by atoms with Crippen molar-refractivity contribution in [2.45, 2.75) is 110 Å². The van der Waals surface area contributed by atoms with Crippen LogP contribution >= 0.6 is 0 Å². The third-order valence-electron chi connectivity index (χ3n) is 4.52. The van der Waals surface area contributed by atoms with E-state index in [9.17, 15) is 14.7 Å². The van der Waals surface area contributed by atoms with Crippen molar-refractivity contribution < 1.29 is 29.3 Å². The number of carbonyl (C=O) groups excluding carboxylic acids is 2. The molecule has 0 spiro atoms. The number of esters is 2. The molecule has 160 valence electrons. The van der Waals surface area contributed by atoms with E-state index in [2.05, 4.69) is 6.92 Å². The van der Waals surface area contributed by atoms with Gasteiger partial charge in [-0.15, -0.1) is 0 Å². The number of unbranched alkanes of at least 4 members (excludes halogenated alkanes) is 10. The molecule has 0 aromatic heterocycles. The number of hydrogen-bond donors (Lipinski definition) is 2. The Morgan fingerprint density at radius 1 is 0.889 bits per heavy atom. The Kier molecular flexibility index (Phi) is 17.5. The number of ether oxygens (including phenoxy) is 2. The van der Waals surface area contributed by atoms with E-state index in [0.29, 0.717) is 6.42 Å². The van der Waals surface area contributed by atoms with Gasteiger partial charge in [0.05, 0.1) is 19.1 Å². The van der Waals surface area contributed by atoms with E-state index >= 15 is 0 Å². The molecule has 0 rings (SSSR count). The highest BCUT2D eigenvalue weighted by atomic mass is 16.6. The molecule has 0 aliphatic heterocycles. The molecule has 0 radical (unpaired) electrons. The van der Waals surface area contributed by atoms with Crippen LogP contribution in [0.1, 0.15) is 97.3 Å². The second-order valence-corrected chi connectivity index (χ2v) is 7.28. The van der Waals surface area contributed by atoms with Gasteiger partial charge < -0.3 is 19.7 Å². The monoisotopic (exact) mass is 388 g/mol. The normalized spacial score (nSPS) is 13.2. The highest BCUT2D eigenvalue weighted by molar-refractivity contribution is 5.70. The van der Waals surface area contributed by atoms with Gasteiger partial charge in [-0.2, -0.15) is 0 Å². The van der Waals surface area contributed by atoms with Crippen molar-refractivity contribution in [1.82, 2.24) is 0 Å². The lowest BCUT2D eigenvalue weighted by molar-refractivity contribution is -0.162. The zero-order chi connectivity index (χ0) is 20.3. The summed E-state index contributed by atoms with van der Waals surface area (Å²) in [4.78, 5) is 22.5. The molecule has 2 N–H and O–H groups in total. The summed E-state index contributed by atoms with van der Waals surface area (Å²) in [5.41, 5.74) is 0. The average molecular weight is 389 g/mol. The molecule has 0 aromatic rings. The Labute approximate surface area is 164 Å². The van der Waals surface area contributed by atoms with Crippen LogP contribution in [-0.2, 0) is 19.1 Å². The Bertz CT molecular complexity index is 372. The molecule has 0 heterocycles. The molecule has 6 heteroatoms. The molecule has 0 saturated heterocycles. The maximum absolute atomic E-state index is 11.7. The van der Waals surface area contributed by atoms with Crippen LogP contribution in [0.15, 0.2) is 0 Å². The standard InChI is InChI=1S/C21H40O6/c1-3-4-5-6-7-8-9-10-11-12-13-14-19(24)15-21(25)27-20(16-22)17-26-18(2)23/h19-20,22,24H,3-17H2,1-2H3/t19-,20+/m1/s1. The highest BCUT2D eigenvalue weighted by Crippen LogP contribution is 2.13. The summed E-state index contributed by atoms with van der Waals surface area (Å²) in [5.74, 6) is -1.09. The first kappa shape index (κ1) is 25.9. The van der Waals surface area contributed by atoms with E-state index in [1.807, 2.05) is 0 Å². The molecule has 0 fully saturated rings. The van der Waals surface area contributed by atoms with Gasteiger partial charge in [0.2, 0.25) is 0 Å². The third-order valence-corrected chi connectivity index (χ3v) is 4.52. The van der Waals surface area contributed by atoms with Gasteiger partial charge in [0.15, 0.2) is 6.10 Å². The predicted octanol–water partition coefficient (Wildman–Crippen LogP) is 3.91. The van der Waals surface area contributed by atoms with E-state index < -0.39 is 30.8 Å². The van der Waals surface area contributed by atoms with Crippen LogP contribution in [0, 0.1) is 0 Å². The van der Waals surface area contributed by atoms with Crippen molar-refractivity contribution in [3.05, 3.63) is 0 Å². The molecule has 0 aliphatic rings. The number of aliphatic hydroxyl groups is 2. The van der Waals surface area contributed by atoms with Crippen LogP contribution < -0.4 is 0 Å². The van der Waals surface area contributed by atoms with Gasteiger partial charge in [-0.1, -0.05) is 77.6 Å². The molecule has 6 nitrogen and oxygen atoms in total. The number of hydrogen-bond acceptors (Lipinski definition) is 6. The van der Waals surface area contributed by atoms with Crippen LogP contribution in [-0.4, -0.2) is 47.6 Å². The summed E-state index contributed by atoms with van der Waals surface area (Å²) >= 11 is 0. The van der Waals surface area contributed by atoms with E-state index in [0.717, 1.165) is 12.8 Å². The van der Waals surface area contributed by atoms with Gasteiger partial charge in [0.1, 0.15) is 6.61 Å². The SMILES string of the molecule is CCCCCCCCCCCCC[C@@H](O)CC(=O)O[C@@H](CO)COC(C)=O. The zero-order valence-corrected chi connectivity index (χ0v) is 17.3. The van der Waals surface area contributed by atoms with E-state index in [-0.39, 0.29) is 13.0 Å². The second kappa shape index (κ2) is 18.2. The Morgan fingerprint density at radius 2 is 1.41 bits per heavy atom. The predicted molar refractivity (Wildman–Crippen MR) is 105 cm³/mol. The number of aliphatic hydroxyl groups excluding tert-OH is 2. The lowest BCUT2D eigenvalue weighted by atomic mass is 10.0. The molecule has 0 aromatic carbocycles. The largest absolute Gasteiger partial charge is 0.462 e. The molecule has 27 heavy (non-hydrogen) atoms. The Balaban J connectivity index is 3.57. The first-order valence-corrected chi connectivity index (χ1v) is 10.6. The maximum atomic E-state index is 11.7.